The summed E-state index contributed by atoms with van der Waals surface area (Å²) in [6.45, 7) is 1.39. The van der Waals surface area contributed by atoms with Crippen molar-refractivity contribution in [2.45, 2.75) is 31.2 Å². The van der Waals surface area contributed by atoms with E-state index in [1.165, 1.54) is 6.92 Å². The van der Waals surface area contributed by atoms with Gasteiger partial charge in [0.25, 0.3) is 5.92 Å². The van der Waals surface area contributed by atoms with Crippen molar-refractivity contribution in [2.24, 2.45) is 5.73 Å². The third kappa shape index (κ3) is 0.540. The minimum Gasteiger partial charge on any atom is -0.320 e. The van der Waals surface area contributed by atoms with Crippen molar-refractivity contribution in [1.29, 1.82) is 0 Å². The lowest BCUT2D eigenvalue weighted by molar-refractivity contribution is -0.140. The summed E-state index contributed by atoms with van der Waals surface area (Å²) in [5.41, 5.74) is 3.93. The summed E-state index contributed by atoms with van der Waals surface area (Å²) in [6, 6.07) is 0. The van der Waals surface area contributed by atoms with Crippen LogP contribution in [0.4, 0.5) is 8.78 Å². The van der Waals surface area contributed by atoms with E-state index in [0.29, 0.717) is 6.42 Å². The first-order valence-corrected chi connectivity index (χ1v) is 2.62. The maximum atomic E-state index is 12.2. The minimum absolute atomic E-state index is 0.0417. The van der Waals surface area contributed by atoms with E-state index in [1.54, 1.807) is 0 Å². The number of alkyl halides is 2. The fraction of sp³-hybridized carbons (Fsp3) is 1.00. The van der Waals surface area contributed by atoms with Crippen LogP contribution in [0.15, 0.2) is 0 Å². The summed E-state index contributed by atoms with van der Waals surface area (Å²) in [6.07, 6.45) is 0.403. The van der Waals surface area contributed by atoms with Crippen LogP contribution in [0.5, 0.6) is 0 Å². The molecule has 1 aliphatic carbocycles. The van der Waals surface area contributed by atoms with Crippen LogP contribution in [0.25, 0.3) is 0 Å². The fourth-order valence-electron chi connectivity index (χ4n) is 0.708. The Kier molecular flexibility index (Phi) is 0.899. The highest BCUT2D eigenvalue weighted by Crippen LogP contribution is 2.44. The first kappa shape index (κ1) is 5.95. The zero-order valence-electron chi connectivity index (χ0n) is 4.75. The third-order valence-electron chi connectivity index (χ3n) is 1.79. The number of nitrogens with two attached hydrogens (primary N) is 1. The minimum atomic E-state index is -2.60. The summed E-state index contributed by atoms with van der Waals surface area (Å²) in [7, 11) is 0. The molecule has 0 bridgehead atoms. The van der Waals surface area contributed by atoms with Crippen LogP contribution in [-0.4, -0.2) is 11.5 Å². The molecule has 0 aromatic carbocycles. The SMILES string of the molecule is CC1(N)CCC1(F)F. The predicted molar refractivity (Wildman–Crippen MR) is 26.8 cm³/mol. The molecule has 8 heavy (non-hydrogen) atoms. The quantitative estimate of drug-likeness (QED) is 0.510. The Morgan fingerprint density at radius 3 is 1.75 bits per heavy atom. The Hall–Kier alpha value is -0.180. The van der Waals surface area contributed by atoms with Gasteiger partial charge in [-0.25, -0.2) is 8.78 Å². The predicted octanol–water partition coefficient (Wildman–Crippen LogP) is 1.13. The van der Waals surface area contributed by atoms with E-state index < -0.39 is 11.5 Å². The Morgan fingerprint density at radius 1 is 1.38 bits per heavy atom. The number of halogens is 2. The van der Waals surface area contributed by atoms with E-state index in [1.807, 2.05) is 0 Å². The van der Waals surface area contributed by atoms with Gasteiger partial charge in [0.05, 0.1) is 5.54 Å². The standard InChI is InChI=1S/C5H9F2N/c1-4(8)2-3-5(4,6)7/h2-3,8H2,1H3. The van der Waals surface area contributed by atoms with E-state index in [-0.39, 0.29) is 6.42 Å². The van der Waals surface area contributed by atoms with Gasteiger partial charge in [0.15, 0.2) is 0 Å². The molecule has 0 amide bonds. The second-order valence-corrected chi connectivity index (χ2v) is 2.62. The molecule has 48 valence electrons. The third-order valence-corrected chi connectivity index (χ3v) is 1.79. The van der Waals surface area contributed by atoms with E-state index in [2.05, 4.69) is 0 Å². The summed E-state index contributed by atoms with van der Waals surface area (Å²) < 4.78 is 24.4. The van der Waals surface area contributed by atoms with Crippen molar-refractivity contribution in [1.82, 2.24) is 0 Å². The molecule has 1 rings (SSSR count). The van der Waals surface area contributed by atoms with Crippen molar-refractivity contribution in [3.63, 3.8) is 0 Å². The van der Waals surface area contributed by atoms with Crippen LogP contribution in [0.1, 0.15) is 19.8 Å². The first-order chi connectivity index (χ1) is 3.46. The van der Waals surface area contributed by atoms with Gasteiger partial charge in [-0.2, -0.15) is 0 Å². The largest absolute Gasteiger partial charge is 0.320 e. The Morgan fingerprint density at radius 2 is 1.75 bits per heavy atom. The monoisotopic (exact) mass is 121 g/mol. The molecule has 1 aliphatic rings. The lowest BCUT2D eigenvalue weighted by atomic mass is 9.75. The van der Waals surface area contributed by atoms with Crippen LogP contribution in [-0.2, 0) is 0 Å². The van der Waals surface area contributed by atoms with E-state index in [4.69, 9.17) is 5.73 Å². The van der Waals surface area contributed by atoms with Gasteiger partial charge < -0.3 is 5.73 Å². The molecule has 0 heterocycles. The normalized spacial score (nSPS) is 43.5. The van der Waals surface area contributed by atoms with Crippen LogP contribution in [0.3, 0.4) is 0 Å². The average Bonchev–Trinajstić information content (AvgIpc) is 1.64. The molecule has 1 unspecified atom stereocenters. The average molecular weight is 121 g/mol. The van der Waals surface area contributed by atoms with Gasteiger partial charge in [0.1, 0.15) is 0 Å². The van der Waals surface area contributed by atoms with Crippen molar-refractivity contribution in [3.8, 4) is 0 Å². The van der Waals surface area contributed by atoms with E-state index >= 15 is 0 Å². The van der Waals surface area contributed by atoms with Gasteiger partial charge in [-0.1, -0.05) is 0 Å². The number of hydrogen-bond donors (Lipinski definition) is 1. The van der Waals surface area contributed by atoms with Crippen LogP contribution in [0.2, 0.25) is 0 Å². The highest BCUT2D eigenvalue weighted by atomic mass is 19.3. The Labute approximate surface area is 46.9 Å². The summed E-state index contributed by atoms with van der Waals surface area (Å²) in [5.74, 6) is -2.60. The topological polar surface area (TPSA) is 26.0 Å². The molecular weight excluding hydrogens is 112 g/mol. The van der Waals surface area contributed by atoms with Gasteiger partial charge in [0.2, 0.25) is 0 Å². The van der Waals surface area contributed by atoms with Crippen molar-refractivity contribution < 1.29 is 8.78 Å². The fourth-order valence-corrected chi connectivity index (χ4v) is 0.708. The van der Waals surface area contributed by atoms with Crippen molar-refractivity contribution >= 4 is 0 Å². The number of rotatable bonds is 0. The second-order valence-electron chi connectivity index (χ2n) is 2.62. The maximum Gasteiger partial charge on any atom is 0.265 e. The molecule has 1 fully saturated rings. The molecule has 0 aromatic rings. The number of hydrogen-bond acceptors (Lipinski definition) is 1. The summed E-state index contributed by atoms with van der Waals surface area (Å²) in [5, 5.41) is 0. The molecule has 0 saturated heterocycles. The maximum absolute atomic E-state index is 12.2. The highest BCUT2D eigenvalue weighted by molar-refractivity contribution is 5.03. The van der Waals surface area contributed by atoms with Crippen LogP contribution in [0, 0.1) is 0 Å². The van der Waals surface area contributed by atoms with Gasteiger partial charge in [-0.3, -0.25) is 0 Å². The van der Waals surface area contributed by atoms with Crippen molar-refractivity contribution in [3.05, 3.63) is 0 Å². The smallest absolute Gasteiger partial charge is 0.265 e. The molecule has 0 radical (unpaired) electrons. The van der Waals surface area contributed by atoms with Crippen LogP contribution >= 0.6 is 0 Å². The lowest BCUT2D eigenvalue weighted by Crippen LogP contribution is -2.61. The summed E-state index contributed by atoms with van der Waals surface area (Å²) >= 11 is 0. The molecule has 3 heteroatoms. The lowest BCUT2D eigenvalue weighted by Gasteiger charge is -2.43. The molecule has 2 N–H and O–H groups in total. The zero-order chi connectivity index (χ0) is 6.41. The molecule has 0 aromatic heterocycles. The van der Waals surface area contributed by atoms with E-state index in [9.17, 15) is 8.78 Å². The molecule has 1 saturated carbocycles. The van der Waals surface area contributed by atoms with Gasteiger partial charge in [0, 0.05) is 6.42 Å². The van der Waals surface area contributed by atoms with E-state index in [0.717, 1.165) is 0 Å². The Balaban J connectivity index is 2.63. The summed E-state index contributed by atoms with van der Waals surface area (Å²) in [4.78, 5) is 0. The van der Waals surface area contributed by atoms with Crippen LogP contribution < -0.4 is 5.73 Å². The molecular formula is C5H9F2N. The first-order valence-electron chi connectivity index (χ1n) is 2.62. The van der Waals surface area contributed by atoms with Gasteiger partial charge >= 0.3 is 0 Å². The molecule has 0 aliphatic heterocycles. The van der Waals surface area contributed by atoms with Gasteiger partial charge in [-0.15, -0.1) is 0 Å². The highest BCUT2D eigenvalue weighted by Gasteiger charge is 2.55. The zero-order valence-corrected chi connectivity index (χ0v) is 4.75. The van der Waals surface area contributed by atoms with Crippen molar-refractivity contribution in [2.75, 3.05) is 0 Å². The second kappa shape index (κ2) is 1.21. The van der Waals surface area contributed by atoms with Gasteiger partial charge in [-0.05, 0) is 13.3 Å². The molecule has 0 spiro atoms. The Bertz CT molecular complexity index is 95.0. The molecule has 1 nitrogen and oxygen atoms in total. The molecule has 1 atom stereocenters.